The van der Waals surface area contributed by atoms with Gasteiger partial charge in [-0.05, 0) is 45.2 Å². The molecule has 1 rings (SSSR count). The lowest BCUT2D eigenvalue weighted by molar-refractivity contribution is -0.136. The van der Waals surface area contributed by atoms with E-state index in [1.54, 1.807) is 0 Å². The van der Waals surface area contributed by atoms with Gasteiger partial charge in [-0.1, -0.05) is 29.3 Å². The molecule has 0 fully saturated rings. The quantitative estimate of drug-likeness (QED) is 0.561. The minimum Gasteiger partial charge on any atom is -0.481 e. The first-order chi connectivity index (χ1) is 9.99. The number of nitrogens with one attached hydrogen (secondary N) is 1. The number of hydrogen-bond acceptors (Lipinski definition) is 2. The first-order valence-corrected chi connectivity index (χ1v) is 7.21. The van der Waals surface area contributed by atoms with Crippen LogP contribution in [-0.4, -0.2) is 17.0 Å². The maximum Gasteiger partial charge on any atom is 0.307 e. The van der Waals surface area contributed by atoms with Crippen LogP contribution in [0.2, 0.25) is 0 Å². The van der Waals surface area contributed by atoms with Gasteiger partial charge in [-0.25, -0.2) is 0 Å². The Kier molecular flexibility index (Phi) is 7.23. The molecule has 2 N–H and O–H groups in total. The van der Waals surface area contributed by atoms with E-state index >= 15 is 0 Å². The first kappa shape index (κ1) is 17.0. The number of carbonyl (C=O) groups excluding carboxylic acids is 1. The molecule has 1 aromatic rings. The average Bonchev–Trinajstić information content (AvgIpc) is 2.43. The molecule has 4 nitrogen and oxygen atoms in total. The zero-order chi connectivity index (χ0) is 15.7. The van der Waals surface area contributed by atoms with Gasteiger partial charge in [0, 0.05) is 12.1 Å². The van der Waals surface area contributed by atoms with Crippen molar-refractivity contribution in [2.75, 3.05) is 5.32 Å². The molecule has 1 aromatic carbocycles. The Labute approximate surface area is 125 Å². The molecule has 0 bridgehead atoms. The number of carbonyl (C=O) groups is 2. The van der Waals surface area contributed by atoms with Crippen LogP contribution in [0.5, 0.6) is 0 Å². The smallest absolute Gasteiger partial charge is 0.307 e. The number of para-hydroxylation sites is 1. The van der Waals surface area contributed by atoms with Crippen molar-refractivity contribution in [1.29, 1.82) is 0 Å². The second kappa shape index (κ2) is 8.95. The van der Waals surface area contributed by atoms with Crippen molar-refractivity contribution in [1.82, 2.24) is 0 Å². The highest BCUT2D eigenvalue weighted by Crippen LogP contribution is 2.15. The Morgan fingerprint density at radius 2 is 1.62 bits per heavy atom. The van der Waals surface area contributed by atoms with E-state index in [1.165, 1.54) is 0 Å². The summed E-state index contributed by atoms with van der Waals surface area (Å²) in [5.74, 6) is -0.779. The third kappa shape index (κ3) is 7.30. The van der Waals surface area contributed by atoms with Gasteiger partial charge in [0.1, 0.15) is 0 Å². The molecule has 21 heavy (non-hydrogen) atoms. The lowest BCUT2D eigenvalue weighted by atomic mass is 10.0. The number of aliphatic carboxylic acids is 1. The van der Waals surface area contributed by atoms with Gasteiger partial charge >= 0.3 is 5.97 Å². The Bertz CT molecular complexity index is 506. The van der Waals surface area contributed by atoms with Crippen molar-refractivity contribution in [2.24, 2.45) is 0 Å². The van der Waals surface area contributed by atoms with Gasteiger partial charge in [0.05, 0.1) is 6.42 Å². The van der Waals surface area contributed by atoms with E-state index in [1.807, 2.05) is 44.2 Å². The number of benzene rings is 1. The van der Waals surface area contributed by atoms with Crippen molar-refractivity contribution in [3.63, 3.8) is 0 Å². The molecule has 0 aliphatic carbocycles. The molecular weight excluding hydrogens is 266 g/mol. The number of carboxylic acids is 1. The zero-order valence-electron chi connectivity index (χ0n) is 12.7. The summed E-state index contributed by atoms with van der Waals surface area (Å²) in [6, 6.07) is 9.40. The number of rotatable bonds is 8. The minimum absolute atomic E-state index is 0.0186. The summed E-state index contributed by atoms with van der Waals surface area (Å²) in [6.07, 6.45) is 3.12. The fourth-order valence-electron chi connectivity index (χ4n) is 2.01. The molecule has 0 saturated carbocycles. The number of carboxylic acid groups (broad SMARTS) is 1. The molecule has 0 heterocycles. The lowest BCUT2D eigenvalue weighted by Crippen LogP contribution is -2.10. The van der Waals surface area contributed by atoms with Gasteiger partial charge in [0.15, 0.2) is 0 Å². The van der Waals surface area contributed by atoms with E-state index in [2.05, 4.69) is 5.32 Å². The monoisotopic (exact) mass is 289 g/mol. The molecule has 0 unspecified atom stereocenters. The fourth-order valence-corrected chi connectivity index (χ4v) is 2.01. The molecule has 0 aromatic heterocycles. The van der Waals surface area contributed by atoms with Crippen LogP contribution in [0.3, 0.4) is 0 Å². The number of hydrogen-bond donors (Lipinski definition) is 2. The third-order valence-corrected chi connectivity index (χ3v) is 3.41. The van der Waals surface area contributed by atoms with E-state index in [9.17, 15) is 9.59 Å². The molecule has 0 atom stereocenters. The molecule has 0 aliphatic heterocycles. The Balaban J connectivity index is 2.25. The maximum atomic E-state index is 11.7. The molecule has 4 heteroatoms. The standard InChI is InChI=1S/C17H23NO3/c1-13(14(2)12-17(20)21)8-6-7-11-16(19)18-15-9-4-3-5-10-15/h3-5,9-10H,6-8,11-12H2,1-2H3,(H,18,19)(H,20,21)/b14-13-. The van der Waals surface area contributed by atoms with Crippen LogP contribution in [0.25, 0.3) is 0 Å². The largest absolute Gasteiger partial charge is 0.481 e. The second-order valence-corrected chi connectivity index (χ2v) is 5.25. The summed E-state index contributed by atoms with van der Waals surface area (Å²) in [4.78, 5) is 22.4. The van der Waals surface area contributed by atoms with Crippen molar-refractivity contribution >= 4 is 17.6 Å². The normalized spacial score (nSPS) is 11.7. The number of amides is 1. The predicted octanol–water partition coefficient (Wildman–Crippen LogP) is 4.00. The van der Waals surface area contributed by atoms with Crippen molar-refractivity contribution in [3.05, 3.63) is 41.5 Å². The predicted molar refractivity (Wildman–Crippen MR) is 84.2 cm³/mol. The van der Waals surface area contributed by atoms with Gasteiger partial charge in [-0.3, -0.25) is 9.59 Å². The van der Waals surface area contributed by atoms with E-state index in [0.29, 0.717) is 6.42 Å². The van der Waals surface area contributed by atoms with Crippen molar-refractivity contribution in [3.8, 4) is 0 Å². The average molecular weight is 289 g/mol. The molecular formula is C17H23NO3. The molecule has 0 aliphatic rings. The van der Waals surface area contributed by atoms with Crippen LogP contribution in [0.4, 0.5) is 5.69 Å². The summed E-state index contributed by atoms with van der Waals surface area (Å²) < 4.78 is 0. The Hall–Kier alpha value is -2.10. The van der Waals surface area contributed by atoms with E-state index in [0.717, 1.165) is 36.1 Å². The summed E-state index contributed by atoms with van der Waals surface area (Å²) in [7, 11) is 0. The third-order valence-electron chi connectivity index (χ3n) is 3.41. The molecule has 1 amide bonds. The van der Waals surface area contributed by atoms with Crippen LogP contribution in [0.1, 0.15) is 46.0 Å². The highest BCUT2D eigenvalue weighted by Gasteiger charge is 2.05. The van der Waals surface area contributed by atoms with E-state index in [-0.39, 0.29) is 12.3 Å². The molecule has 0 spiro atoms. The summed E-state index contributed by atoms with van der Waals surface area (Å²) in [5.41, 5.74) is 2.84. The van der Waals surface area contributed by atoms with Gasteiger partial charge in [-0.2, -0.15) is 0 Å². The lowest BCUT2D eigenvalue weighted by Gasteiger charge is -2.07. The topological polar surface area (TPSA) is 66.4 Å². The number of unbranched alkanes of at least 4 members (excludes halogenated alkanes) is 1. The Morgan fingerprint density at radius 3 is 2.24 bits per heavy atom. The van der Waals surface area contributed by atoms with E-state index in [4.69, 9.17) is 5.11 Å². The fraction of sp³-hybridized carbons (Fsp3) is 0.412. The van der Waals surface area contributed by atoms with Crippen LogP contribution >= 0.6 is 0 Å². The molecule has 114 valence electrons. The summed E-state index contributed by atoms with van der Waals surface area (Å²) >= 11 is 0. The van der Waals surface area contributed by atoms with Gasteiger partial charge < -0.3 is 10.4 Å². The molecule has 0 saturated heterocycles. The molecule has 0 radical (unpaired) electrons. The highest BCUT2D eigenvalue weighted by atomic mass is 16.4. The number of allylic oxidation sites excluding steroid dienone is 1. The van der Waals surface area contributed by atoms with Crippen molar-refractivity contribution in [2.45, 2.75) is 46.0 Å². The van der Waals surface area contributed by atoms with Gasteiger partial charge in [0.25, 0.3) is 0 Å². The summed E-state index contributed by atoms with van der Waals surface area (Å²) in [5, 5.41) is 11.6. The Morgan fingerprint density at radius 1 is 1.00 bits per heavy atom. The summed E-state index contributed by atoms with van der Waals surface area (Å²) in [6.45, 7) is 3.81. The van der Waals surface area contributed by atoms with Crippen LogP contribution in [-0.2, 0) is 9.59 Å². The van der Waals surface area contributed by atoms with Crippen LogP contribution in [0, 0.1) is 0 Å². The van der Waals surface area contributed by atoms with Crippen molar-refractivity contribution < 1.29 is 14.7 Å². The van der Waals surface area contributed by atoms with E-state index < -0.39 is 5.97 Å². The SMILES string of the molecule is C/C(CCCCC(=O)Nc1ccccc1)=C(\C)CC(=O)O. The first-order valence-electron chi connectivity index (χ1n) is 7.21. The second-order valence-electron chi connectivity index (χ2n) is 5.25. The maximum absolute atomic E-state index is 11.7. The zero-order valence-corrected chi connectivity index (χ0v) is 12.7. The van der Waals surface area contributed by atoms with Gasteiger partial charge in [-0.15, -0.1) is 0 Å². The highest BCUT2D eigenvalue weighted by molar-refractivity contribution is 5.90. The van der Waals surface area contributed by atoms with Gasteiger partial charge in [0.2, 0.25) is 5.91 Å². The number of anilines is 1. The van der Waals surface area contributed by atoms with Crippen LogP contribution < -0.4 is 5.32 Å². The van der Waals surface area contributed by atoms with Crippen LogP contribution in [0.15, 0.2) is 41.5 Å². The minimum atomic E-state index is -0.797.